The van der Waals surface area contributed by atoms with E-state index in [-0.39, 0.29) is 0 Å². The van der Waals surface area contributed by atoms with Crippen molar-refractivity contribution in [3.8, 4) is 22.3 Å². The maximum atomic E-state index is 6.52. The lowest BCUT2D eigenvalue weighted by atomic mass is 9.87. The summed E-state index contributed by atoms with van der Waals surface area (Å²) in [6.45, 7) is 0. The molecule has 0 atom stereocenters. The number of hydrogen-bond donors (Lipinski definition) is 0. The summed E-state index contributed by atoms with van der Waals surface area (Å²) >= 11 is 0. The molecular weight excluding hydrogens is 685 g/mol. The van der Waals surface area contributed by atoms with Crippen LogP contribution in [0.2, 0.25) is 0 Å². The zero-order chi connectivity index (χ0) is 36.5. The predicted molar refractivity (Wildman–Crippen MR) is 232 cm³/mol. The number of furan rings is 2. The van der Waals surface area contributed by atoms with Gasteiger partial charge in [-0.15, -0.1) is 0 Å². The van der Waals surface area contributed by atoms with Gasteiger partial charge < -0.3 is 8.83 Å². The number of pyridine rings is 2. The molecule has 258 valence electrons. The van der Waals surface area contributed by atoms with Crippen LogP contribution in [0.3, 0.4) is 0 Å². The maximum absolute atomic E-state index is 6.52. The minimum Gasteiger partial charge on any atom is -0.456 e. The van der Waals surface area contributed by atoms with Crippen molar-refractivity contribution in [2.45, 2.75) is 0 Å². The van der Waals surface area contributed by atoms with E-state index in [0.717, 1.165) is 120 Å². The third-order valence-electron chi connectivity index (χ3n) is 11.9. The van der Waals surface area contributed by atoms with E-state index in [4.69, 9.17) is 18.8 Å². The first-order valence-electron chi connectivity index (χ1n) is 18.9. The zero-order valence-corrected chi connectivity index (χ0v) is 29.9. The van der Waals surface area contributed by atoms with Crippen LogP contribution in [0.5, 0.6) is 0 Å². The van der Waals surface area contributed by atoms with Crippen LogP contribution in [0.1, 0.15) is 0 Å². The van der Waals surface area contributed by atoms with Gasteiger partial charge in [-0.1, -0.05) is 84.9 Å². The second kappa shape index (κ2) is 11.0. The molecule has 13 aromatic rings. The van der Waals surface area contributed by atoms with Crippen LogP contribution in [0.15, 0.2) is 179 Å². The highest BCUT2D eigenvalue weighted by Gasteiger charge is 2.20. The lowest BCUT2D eigenvalue weighted by molar-refractivity contribution is 0.669. The molecule has 0 amide bonds. The normalized spacial score (nSPS) is 12.3. The number of benzene rings is 9. The van der Waals surface area contributed by atoms with Crippen molar-refractivity contribution in [1.29, 1.82) is 0 Å². The number of rotatable bonds is 2. The Morgan fingerprint density at radius 1 is 0.250 bits per heavy atom. The van der Waals surface area contributed by atoms with E-state index in [1.807, 2.05) is 36.9 Å². The molecule has 0 saturated heterocycles. The highest BCUT2D eigenvalue weighted by atomic mass is 16.3. The van der Waals surface area contributed by atoms with Crippen molar-refractivity contribution < 1.29 is 8.83 Å². The summed E-state index contributed by atoms with van der Waals surface area (Å²) in [6, 6.07) is 52.3. The Morgan fingerprint density at radius 3 is 1.16 bits per heavy atom. The van der Waals surface area contributed by atoms with Crippen molar-refractivity contribution in [3.05, 3.63) is 170 Å². The Bertz CT molecular complexity index is 3570. The van der Waals surface area contributed by atoms with Crippen LogP contribution in [0.25, 0.3) is 131 Å². The van der Waals surface area contributed by atoms with Gasteiger partial charge >= 0.3 is 0 Å². The van der Waals surface area contributed by atoms with Gasteiger partial charge in [0, 0.05) is 68.2 Å². The van der Waals surface area contributed by atoms with Crippen molar-refractivity contribution in [3.63, 3.8) is 0 Å². The quantitative estimate of drug-likeness (QED) is 0.132. The zero-order valence-electron chi connectivity index (χ0n) is 29.9. The van der Waals surface area contributed by atoms with Gasteiger partial charge in [-0.2, -0.15) is 0 Å². The van der Waals surface area contributed by atoms with Gasteiger partial charge in [0.1, 0.15) is 22.3 Å². The van der Waals surface area contributed by atoms with Crippen molar-refractivity contribution in [2.75, 3.05) is 0 Å². The highest BCUT2D eigenvalue weighted by molar-refractivity contribution is 6.27. The van der Waals surface area contributed by atoms with Crippen LogP contribution < -0.4 is 0 Å². The van der Waals surface area contributed by atoms with Gasteiger partial charge in [0.05, 0.1) is 0 Å². The number of para-hydroxylation sites is 2. The average molecular weight is 713 g/mol. The van der Waals surface area contributed by atoms with Crippen molar-refractivity contribution in [1.82, 2.24) is 9.97 Å². The lowest BCUT2D eigenvalue weighted by Crippen LogP contribution is -1.91. The fourth-order valence-corrected chi connectivity index (χ4v) is 9.35. The average Bonchev–Trinajstić information content (AvgIpc) is 3.81. The molecule has 0 fully saturated rings. The molecule has 0 unspecified atom stereocenters. The Balaban J connectivity index is 1.21. The van der Waals surface area contributed by atoms with Gasteiger partial charge in [0.2, 0.25) is 0 Å². The Labute approximate surface area is 318 Å². The summed E-state index contributed by atoms with van der Waals surface area (Å²) < 4.78 is 13.0. The number of aromatic nitrogens is 2. The number of hydrogen-bond acceptors (Lipinski definition) is 4. The molecule has 4 heterocycles. The molecule has 56 heavy (non-hydrogen) atoms. The fraction of sp³-hybridized carbons (Fsp3) is 0. The second-order valence-corrected chi connectivity index (χ2v) is 14.9. The van der Waals surface area contributed by atoms with Gasteiger partial charge in [-0.25, -0.2) is 0 Å². The largest absolute Gasteiger partial charge is 0.456 e. The third kappa shape index (κ3) is 4.13. The topological polar surface area (TPSA) is 52.1 Å². The van der Waals surface area contributed by atoms with E-state index >= 15 is 0 Å². The van der Waals surface area contributed by atoms with Crippen LogP contribution in [-0.4, -0.2) is 9.97 Å². The number of fused-ring (bicyclic) bond motifs is 14. The predicted octanol–water partition coefficient (Wildman–Crippen LogP) is 14.5. The highest BCUT2D eigenvalue weighted by Crippen LogP contribution is 2.46. The van der Waals surface area contributed by atoms with Gasteiger partial charge in [0.25, 0.3) is 0 Å². The Kier molecular flexibility index (Phi) is 5.86. The summed E-state index contributed by atoms with van der Waals surface area (Å²) in [6.07, 6.45) is 7.93. The Morgan fingerprint density at radius 2 is 0.679 bits per heavy atom. The van der Waals surface area contributed by atoms with Crippen molar-refractivity contribution >= 4 is 109 Å². The fourth-order valence-electron chi connectivity index (χ4n) is 9.35. The maximum Gasteiger partial charge on any atom is 0.136 e. The lowest BCUT2D eigenvalue weighted by Gasteiger charge is -2.16. The van der Waals surface area contributed by atoms with Crippen LogP contribution >= 0.6 is 0 Å². The van der Waals surface area contributed by atoms with E-state index in [0.29, 0.717) is 0 Å². The first-order valence-corrected chi connectivity index (χ1v) is 18.9. The standard InChI is InChI=1S/C52H28N2O2/c1-3-11-33-29(9-1)25-53-27-47(33)39-19-31-17-38-32(18-37(31)43-23-51-45(21-41(39)43)35-13-5-7-15-49(35)55-51)20-40(48-28-54-26-30-10-2-4-12-34(30)48)42-22-46-36-14-6-8-16-50(36)56-52(46)24-44(38)42/h1-28H. The minimum atomic E-state index is 0.876. The molecule has 0 aliphatic rings. The summed E-state index contributed by atoms with van der Waals surface area (Å²) in [7, 11) is 0. The molecule has 4 aromatic heterocycles. The Hall–Kier alpha value is -7.56. The molecular formula is C52H28N2O2. The van der Waals surface area contributed by atoms with E-state index in [9.17, 15) is 0 Å². The molecule has 0 aliphatic carbocycles. The first-order chi connectivity index (χ1) is 27.7. The van der Waals surface area contributed by atoms with E-state index < -0.39 is 0 Å². The molecule has 0 radical (unpaired) electrons. The molecule has 0 spiro atoms. The van der Waals surface area contributed by atoms with Crippen molar-refractivity contribution in [2.24, 2.45) is 0 Å². The van der Waals surface area contributed by atoms with E-state index in [1.165, 1.54) is 10.8 Å². The first kappa shape index (κ1) is 29.8. The van der Waals surface area contributed by atoms with E-state index in [2.05, 4.69) is 133 Å². The van der Waals surface area contributed by atoms with Gasteiger partial charge in [-0.3, -0.25) is 9.97 Å². The summed E-state index contributed by atoms with van der Waals surface area (Å²) in [5.74, 6) is 0. The molecule has 13 rings (SSSR count). The second-order valence-electron chi connectivity index (χ2n) is 14.9. The molecule has 0 bridgehead atoms. The molecule has 0 saturated carbocycles. The number of nitrogens with zero attached hydrogens (tertiary/aromatic N) is 2. The van der Waals surface area contributed by atoms with Crippen LogP contribution in [0, 0.1) is 0 Å². The van der Waals surface area contributed by atoms with Crippen LogP contribution in [-0.2, 0) is 0 Å². The molecule has 0 N–H and O–H groups in total. The van der Waals surface area contributed by atoms with Crippen LogP contribution in [0.4, 0.5) is 0 Å². The molecule has 9 aromatic carbocycles. The minimum absolute atomic E-state index is 0.876. The van der Waals surface area contributed by atoms with Gasteiger partial charge in [0.15, 0.2) is 0 Å². The smallest absolute Gasteiger partial charge is 0.136 e. The molecule has 4 heteroatoms. The summed E-state index contributed by atoms with van der Waals surface area (Å²) in [5.41, 5.74) is 8.03. The third-order valence-corrected chi connectivity index (χ3v) is 11.9. The van der Waals surface area contributed by atoms with E-state index in [1.54, 1.807) is 0 Å². The molecule has 4 nitrogen and oxygen atoms in total. The SMILES string of the molecule is c1ccc2c(-c3cc4cc5c(cc(-c6cncc7ccccc67)c6cc7c(cc65)oc5ccccc57)cc4c4cc5oc6ccccc6c5cc34)cncc2c1. The summed E-state index contributed by atoms with van der Waals surface area (Å²) in [4.78, 5) is 9.48. The summed E-state index contributed by atoms with van der Waals surface area (Å²) in [5, 5.41) is 18.2. The van der Waals surface area contributed by atoms with Gasteiger partial charge in [-0.05, 0) is 126 Å². The monoisotopic (exact) mass is 712 g/mol. The molecule has 0 aliphatic heterocycles.